The second-order valence-corrected chi connectivity index (χ2v) is 9.54. The molecule has 0 saturated carbocycles. The summed E-state index contributed by atoms with van der Waals surface area (Å²) in [6, 6.07) is 18.7. The summed E-state index contributed by atoms with van der Waals surface area (Å²) in [6.07, 6.45) is 2.97. The average molecular weight is 496 g/mol. The fourth-order valence-electron chi connectivity index (χ4n) is 3.02. The fraction of sp³-hybridized carbons (Fsp3) is 0.120. The Bertz CT molecular complexity index is 1330. The Morgan fingerprint density at radius 2 is 1.62 bits per heavy atom. The third kappa shape index (κ3) is 6.66. The summed E-state index contributed by atoms with van der Waals surface area (Å²) in [4.78, 5) is 12.3. The van der Waals surface area contributed by atoms with E-state index in [2.05, 4.69) is 15.4 Å². The lowest BCUT2D eigenvalue weighted by molar-refractivity contribution is -0.115. The van der Waals surface area contributed by atoms with Gasteiger partial charge in [-0.05, 0) is 85.7 Å². The van der Waals surface area contributed by atoms with E-state index in [4.69, 9.17) is 17.0 Å². The minimum Gasteiger partial charge on any atom is -0.496 e. The van der Waals surface area contributed by atoms with Crippen molar-refractivity contribution in [3.05, 3.63) is 89.5 Å². The van der Waals surface area contributed by atoms with Crippen LogP contribution in [0.25, 0.3) is 6.08 Å². The van der Waals surface area contributed by atoms with Crippen LogP contribution in [-0.2, 0) is 14.8 Å². The van der Waals surface area contributed by atoms with Gasteiger partial charge in [-0.1, -0.05) is 24.3 Å². The zero-order valence-electron chi connectivity index (χ0n) is 19.0. The van der Waals surface area contributed by atoms with Crippen molar-refractivity contribution >= 4 is 50.7 Å². The molecule has 0 heterocycles. The van der Waals surface area contributed by atoms with Gasteiger partial charge in [0.1, 0.15) is 5.75 Å². The summed E-state index contributed by atoms with van der Waals surface area (Å²) in [5.74, 6) is 0.231. The van der Waals surface area contributed by atoms with Crippen LogP contribution in [-0.4, -0.2) is 26.5 Å². The van der Waals surface area contributed by atoms with Crippen molar-refractivity contribution < 1.29 is 17.9 Å². The zero-order valence-corrected chi connectivity index (χ0v) is 20.6. The van der Waals surface area contributed by atoms with Crippen LogP contribution in [0.5, 0.6) is 5.75 Å². The predicted molar refractivity (Wildman–Crippen MR) is 140 cm³/mol. The number of sulfonamides is 1. The highest BCUT2D eigenvalue weighted by Crippen LogP contribution is 2.21. The number of hydrogen-bond acceptors (Lipinski definition) is 5. The van der Waals surface area contributed by atoms with Crippen LogP contribution in [0.4, 0.5) is 11.4 Å². The lowest BCUT2D eigenvalue weighted by Crippen LogP contribution is -2.32. The topological polar surface area (TPSA) is 96.5 Å². The number of ether oxygens (including phenoxy) is 1. The summed E-state index contributed by atoms with van der Waals surface area (Å²) in [6.45, 7) is 3.88. The highest BCUT2D eigenvalue weighted by Gasteiger charge is 2.14. The van der Waals surface area contributed by atoms with E-state index in [0.29, 0.717) is 17.1 Å². The Hall–Kier alpha value is -3.69. The Labute approximate surface area is 204 Å². The van der Waals surface area contributed by atoms with Crippen molar-refractivity contribution in [2.75, 3.05) is 17.1 Å². The first-order chi connectivity index (χ1) is 16.2. The molecule has 0 spiro atoms. The molecule has 9 heteroatoms. The summed E-state index contributed by atoms with van der Waals surface area (Å²) in [5.41, 5.74) is 3.86. The smallest absolute Gasteiger partial charge is 0.261 e. The van der Waals surface area contributed by atoms with Crippen LogP contribution in [0, 0.1) is 13.8 Å². The van der Waals surface area contributed by atoms with Crippen molar-refractivity contribution in [2.45, 2.75) is 18.7 Å². The quantitative estimate of drug-likeness (QED) is 0.326. The monoisotopic (exact) mass is 495 g/mol. The van der Waals surface area contributed by atoms with Crippen molar-refractivity contribution in [3.8, 4) is 5.75 Å². The number of benzene rings is 3. The summed E-state index contributed by atoms with van der Waals surface area (Å²) < 4.78 is 33.2. The highest BCUT2D eigenvalue weighted by molar-refractivity contribution is 7.92. The van der Waals surface area contributed by atoms with Gasteiger partial charge in [0.05, 0.1) is 12.0 Å². The minimum atomic E-state index is -3.75. The van der Waals surface area contributed by atoms with Gasteiger partial charge in [-0.25, -0.2) is 8.42 Å². The molecule has 0 aromatic heterocycles. The van der Waals surface area contributed by atoms with Crippen molar-refractivity contribution in [1.29, 1.82) is 0 Å². The van der Waals surface area contributed by atoms with Crippen molar-refractivity contribution in [1.82, 2.24) is 5.32 Å². The van der Waals surface area contributed by atoms with Crippen LogP contribution in [0.1, 0.15) is 16.7 Å². The lowest BCUT2D eigenvalue weighted by Gasteiger charge is -2.11. The molecule has 0 aliphatic heterocycles. The molecule has 0 unspecified atom stereocenters. The maximum atomic E-state index is 12.7. The Balaban J connectivity index is 1.59. The molecule has 0 fully saturated rings. The zero-order chi connectivity index (χ0) is 24.7. The molecule has 34 heavy (non-hydrogen) atoms. The van der Waals surface area contributed by atoms with Gasteiger partial charge in [0.25, 0.3) is 10.0 Å². The Morgan fingerprint density at radius 1 is 0.941 bits per heavy atom. The van der Waals surface area contributed by atoms with Crippen LogP contribution in [0.3, 0.4) is 0 Å². The number of para-hydroxylation sites is 1. The summed E-state index contributed by atoms with van der Waals surface area (Å²) in [7, 11) is -2.19. The second kappa shape index (κ2) is 11.0. The molecular weight excluding hydrogens is 470 g/mol. The van der Waals surface area contributed by atoms with Crippen molar-refractivity contribution in [3.63, 3.8) is 0 Å². The van der Waals surface area contributed by atoms with E-state index >= 15 is 0 Å². The van der Waals surface area contributed by atoms with E-state index in [9.17, 15) is 13.2 Å². The van der Waals surface area contributed by atoms with Gasteiger partial charge >= 0.3 is 0 Å². The van der Waals surface area contributed by atoms with Crippen LogP contribution in [0.2, 0.25) is 0 Å². The first-order valence-electron chi connectivity index (χ1n) is 10.3. The summed E-state index contributed by atoms with van der Waals surface area (Å²) >= 11 is 5.18. The maximum Gasteiger partial charge on any atom is 0.261 e. The number of anilines is 2. The van der Waals surface area contributed by atoms with Gasteiger partial charge in [0.15, 0.2) is 5.11 Å². The third-order valence-corrected chi connectivity index (χ3v) is 6.57. The normalized spacial score (nSPS) is 11.1. The number of aryl methyl sites for hydroxylation is 2. The third-order valence-electron chi connectivity index (χ3n) is 4.97. The van der Waals surface area contributed by atoms with Gasteiger partial charge in [-0.3, -0.25) is 14.8 Å². The molecule has 1 amide bonds. The molecular formula is C25H25N3O4S2. The molecule has 3 N–H and O–H groups in total. The van der Waals surface area contributed by atoms with E-state index in [0.717, 1.165) is 16.7 Å². The maximum absolute atomic E-state index is 12.7. The molecule has 0 aliphatic carbocycles. The molecule has 3 aromatic rings. The van der Waals surface area contributed by atoms with Crippen LogP contribution in [0.15, 0.2) is 77.7 Å². The molecule has 7 nitrogen and oxygen atoms in total. The SMILES string of the molecule is COc1ccccc1C=CC(=O)NC(=S)Nc1ccc(S(=O)(=O)Nc2ccc(C)c(C)c2)cc1. The lowest BCUT2D eigenvalue weighted by atomic mass is 10.1. The number of carbonyl (C=O) groups is 1. The number of rotatable bonds is 7. The van der Waals surface area contributed by atoms with E-state index in [1.807, 2.05) is 38.1 Å². The van der Waals surface area contributed by atoms with E-state index in [1.165, 1.54) is 18.2 Å². The van der Waals surface area contributed by atoms with Gasteiger partial charge < -0.3 is 10.1 Å². The highest BCUT2D eigenvalue weighted by atomic mass is 32.2. The molecule has 0 radical (unpaired) electrons. The number of thiocarbonyl (C=S) groups is 1. The molecule has 0 saturated heterocycles. The second-order valence-electron chi connectivity index (χ2n) is 7.45. The molecule has 3 aromatic carbocycles. The van der Waals surface area contributed by atoms with Gasteiger partial charge in [0, 0.05) is 23.0 Å². The number of amides is 1. The number of methoxy groups -OCH3 is 1. The first-order valence-corrected chi connectivity index (χ1v) is 12.2. The van der Waals surface area contributed by atoms with Gasteiger partial charge in [0.2, 0.25) is 5.91 Å². The molecule has 0 bridgehead atoms. The number of carbonyl (C=O) groups excluding carboxylic acids is 1. The average Bonchev–Trinajstić information content (AvgIpc) is 2.80. The molecule has 0 aliphatic rings. The fourth-order valence-corrected chi connectivity index (χ4v) is 4.29. The number of nitrogens with one attached hydrogen (secondary N) is 3. The molecule has 3 rings (SSSR count). The van der Waals surface area contributed by atoms with Crippen LogP contribution >= 0.6 is 12.2 Å². The standard InChI is InChI=1S/C25H25N3O4S2/c1-17-8-10-21(16-18(17)2)28-34(30,31)22-13-11-20(12-14-22)26-25(33)27-24(29)15-9-19-6-4-5-7-23(19)32-3/h4-16,28H,1-3H3,(H2,26,27,29,33). The molecule has 176 valence electrons. The Kier molecular flexibility index (Phi) is 8.04. The van der Waals surface area contributed by atoms with E-state index in [1.54, 1.807) is 43.5 Å². The van der Waals surface area contributed by atoms with Gasteiger partial charge in [-0.15, -0.1) is 0 Å². The van der Waals surface area contributed by atoms with Crippen LogP contribution < -0.4 is 20.1 Å². The predicted octanol–water partition coefficient (Wildman–Crippen LogP) is 4.64. The minimum absolute atomic E-state index is 0.0820. The summed E-state index contributed by atoms with van der Waals surface area (Å²) in [5, 5.41) is 5.49. The van der Waals surface area contributed by atoms with Crippen molar-refractivity contribution in [2.24, 2.45) is 0 Å². The van der Waals surface area contributed by atoms with E-state index < -0.39 is 15.9 Å². The largest absolute Gasteiger partial charge is 0.496 e. The first kappa shape index (κ1) is 24.9. The number of hydrogen-bond donors (Lipinski definition) is 3. The molecule has 0 atom stereocenters. The van der Waals surface area contributed by atoms with Gasteiger partial charge in [-0.2, -0.15) is 0 Å². The Morgan fingerprint density at radius 3 is 2.29 bits per heavy atom. The van der Waals surface area contributed by atoms with E-state index in [-0.39, 0.29) is 10.0 Å².